The Balaban J connectivity index is 2.37. The number of hydrogen-bond acceptors (Lipinski definition) is 5. The minimum absolute atomic E-state index is 0.00750. The highest BCUT2D eigenvalue weighted by Crippen LogP contribution is 2.34. The Bertz CT molecular complexity index is 697. The van der Waals surface area contributed by atoms with Crippen LogP contribution in [0.5, 0.6) is 5.75 Å². The minimum Gasteiger partial charge on any atom is -0.490 e. The maximum absolute atomic E-state index is 12.2. The maximum atomic E-state index is 12.2. The molecule has 1 aliphatic heterocycles. The number of carboxylic acid groups (broad SMARTS) is 1. The van der Waals surface area contributed by atoms with Gasteiger partial charge in [-0.2, -0.15) is 0 Å². The number of hydrogen-bond donors (Lipinski definition) is 1. The van der Waals surface area contributed by atoms with Crippen molar-refractivity contribution in [3.63, 3.8) is 0 Å². The van der Waals surface area contributed by atoms with E-state index in [4.69, 9.17) is 9.84 Å². The van der Waals surface area contributed by atoms with E-state index < -0.39 is 28.0 Å². The van der Waals surface area contributed by atoms with Crippen molar-refractivity contribution < 1.29 is 27.9 Å². The monoisotopic (exact) mass is 327 g/mol. The molecule has 1 heterocycles. The zero-order valence-corrected chi connectivity index (χ0v) is 12.9. The first kappa shape index (κ1) is 16.3. The number of fused-ring (bicyclic) bond motifs is 1. The van der Waals surface area contributed by atoms with Gasteiger partial charge in [0.2, 0.25) is 5.91 Å². The average molecular weight is 327 g/mol. The third-order valence-electron chi connectivity index (χ3n) is 3.34. The van der Waals surface area contributed by atoms with Gasteiger partial charge in [0, 0.05) is 6.42 Å². The molecular weight excluding hydrogens is 310 g/mol. The van der Waals surface area contributed by atoms with Crippen LogP contribution >= 0.6 is 0 Å². The Labute approximate surface area is 128 Å². The molecule has 120 valence electrons. The summed E-state index contributed by atoms with van der Waals surface area (Å²) in [4.78, 5) is 24.0. The van der Waals surface area contributed by atoms with Crippen molar-refractivity contribution in [3.8, 4) is 5.75 Å². The van der Waals surface area contributed by atoms with Gasteiger partial charge in [0.15, 0.2) is 9.84 Å². The third-order valence-corrected chi connectivity index (χ3v) is 5.05. The number of aliphatic carboxylic acids is 1. The first-order valence-corrected chi connectivity index (χ1v) is 8.52. The summed E-state index contributed by atoms with van der Waals surface area (Å²) in [5, 5.41) is 8.63. The fraction of sp³-hybridized carbons (Fsp3) is 0.429. The first-order chi connectivity index (χ1) is 10.3. The van der Waals surface area contributed by atoms with E-state index in [1.165, 1.54) is 23.1 Å². The largest absolute Gasteiger partial charge is 0.490 e. The summed E-state index contributed by atoms with van der Waals surface area (Å²) < 4.78 is 29.8. The number of nitrogens with zero attached hydrogens (tertiary/aromatic N) is 1. The van der Waals surface area contributed by atoms with E-state index in [-0.39, 0.29) is 10.8 Å². The van der Waals surface area contributed by atoms with Crippen molar-refractivity contribution in [1.29, 1.82) is 0 Å². The second-order valence-corrected chi connectivity index (χ2v) is 6.95. The molecule has 0 bridgehead atoms. The van der Waals surface area contributed by atoms with Crippen LogP contribution in [-0.4, -0.2) is 44.3 Å². The van der Waals surface area contributed by atoms with Crippen molar-refractivity contribution in [2.45, 2.75) is 24.7 Å². The predicted octanol–water partition coefficient (Wildman–Crippen LogP) is 1.07. The zero-order chi connectivity index (χ0) is 16.3. The van der Waals surface area contributed by atoms with Gasteiger partial charge >= 0.3 is 5.97 Å². The molecule has 0 saturated carbocycles. The van der Waals surface area contributed by atoms with E-state index in [9.17, 15) is 18.0 Å². The smallest absolute Gasteiger partial charge is 0.304 e. The lowest BCUT2D eigenvalue weighted by atomic mass is 10.2. The summed E-state index contributed by atoms with van der Waals surface area (Å²) in [5.41, 5.74) is 0.412. The molecule has 8 heteroatoms. The molecular formula is C14H17NO6S. The van der Waals surface area contributed by atoms with Crippen LogP contribution < -0.4 is 9.64 Å². The van der Waals surface area contributed by atoms with E-state index in [1.54, 1.807) is 6.92 Å². The lowest BCUT2D eigenvalue weighted by Crippen LogP contribution is -2.37. The molecule has 1 amide bonds. The molecule has 1 aromatic rings. The van der Waals surface area contributed by atoms with E-state index in [2.05, 4.69) is 0 Å². The SMILES string of the molecule is CCC(=O)N1CCOc2ccc(S(=O)(=O)CCC(=O)O)cc21. The molecule has 7 nitrogen and oxygen atoms in total. The molecule has 0 spiro atoms. The van der Waals surface area contributed by atoms with E-state index >= 15 is 0 Å². The van der Waals surface area contributed by atoms with Gasteiger partial charge in [-0.05, 0) is 18.2 Å². The third kappa shape index (κ3) is 3.38. The summed E-state index contributed by atoms with van der Waals surface area (Å²) in [6.45, 7) is 2.44. The number of rotatable bonds is 5. The summed E-state index contributed by atoms with van der Waals surface area (Å²) >= 11 is 0. The quantitative estimate of drug-likeness (QED) is 0.868. The summed E-state index contributed by atoms with van der Waals surface area (Å²) in [7, 11) is -3.72. The molecule has 1 N–H and O–H groups in total. The Morgan fingerprint density at radius 1 is 1.36 bits per heavy atom. The molecule has 0 radical (unpaired) electrons. The van der Waals surface area contributed by atoms with Gasteiger partial charge in [0.25, 0.3) is 0 Å². The molecule has 2 rings (SSSR count). The summed E-state index contributed by atoms with van der Waals surface area (Å²) in [6.07, 6.45) is -0.164. The molecule has 0 atom stereocenters. The van der Waals surface area contributed by atoms with Crippen LogP contribution in [0.2, 0.25) is 0 Å². The lowest BCUT2D eigenvalue weighted by Gasteiger charge is -2.29. The Hall–Kier alpha value is -2.09. The van der Waals surface area contributed by atoms with Crippen LogP contribution in [0.1, 0.15) is 19.8 Å². The van der Waals surface area contributed by atoms with Gasteiger partial charge in [0.1, 0.15) is 12.4 Å². The van der Waals surface area contributed by atoms with Crippen molar-refractivity contribution in [3.05, 3.63) is 18.2 Å². The number of carboxylic acids is 1. The number of anilines is 1. The summed E-state index contributed by atoms with van der Waals surface area (Å²) in [5.74, 6) is -1.33. The van der Waals surface area contributed by atoms with Crippen LogP contribution in [0.15, 0.2) is 23.1 Å². The molecule has 1 aromatic carbocycles. The van der Waals surface area contributed by atoms with Crippen molar-refractivity contribution in [1.82, 2.24) is 0 Å². The highest BCUT2D eigenvalue weighted by molar-refractivity contribution is 7.91. The maximum Gasteiger partial charge on any atom is 0.304 e. The van der Waals surface area contributed by atoms with Crippen LogP contribution in [0.3, 0.4) is 0 Å². The molecule has 0 aromatic heterocycles. The number of carbonyl (C=O) groups is 2. The Morgan fingerprint density at radius 3 is 2.73 bits per heavy atom. The predicted molar refractivity (Wildman–Crippen MR) is 78.9 cm³/mol. The van der Waals surface area contributed by atoms with E-state index in [0.717, 1.165) is 0 Å². The number of sulfone groups is 1. The fourth-order valence-corrected chi connectivity index (χ4v) is 3.43. The van der Waals surface area contributed by atoms with Crippen LogP contribution in [-0.2, 0) is 19.4 Å². The number of ether oxygens (including phenoxy) is 1. The first-order valence-electron chi connectivity index (χ1n) is 6.87. The van der Waals surface area contributed by atoms with Crippen molar-refractivity contribution in [2.75, 3.05) is 23.8 Å². The van der Waals surface area contributed by atoms with E-state index in [1.807, 2.05) is 0 Å². The molecule has 0 saturated heterocycles. The Kier molecular flexibility index (Phi) is 4.70. The second kappa shape index (κ2) is 6.35. The van der Waals surface area contributed by atoms with Crippen LogP contribution in [0.4, 0.5) is 5.69 Å². The highest BCUT2D eigenvalue weighted by Gasteiger charge is 2.25. The van der Waals surface area contributed by atoms with Gasteiger partial charge in [0.05, 0.1) is 29.3 Å². The molecule has 0 unspecified atom stereocenters. The molecule has 0 aliphatic carbocycles. The van der Waals surface area contributed by atoms with Crippen LogP contribution in [0.25, 0.3) is 0 Å². The van der Waals surface area contributed by atoms with Gasteiger partial charge in [-0.25, -0.2) is 8.42 Å². The van der Waals surface area contributed by atoms with Gasteiger partial charge in [-0.3, -0.25) is 9.59 Å². The highest BCUT2D eigenvalue weighted by atomic mass is 32.2. The molecule has 0 fully saturated rings. The number of carbonyl (C=O) groups excluding carboxylic acids is 1. The topological polar surface area (TPSA) is 101 Å². The number of benzene rings is 1. The zero-order valence-electron chi connectivity index (χ0n) is 12.1. The van der Waals surface area contributed by atoms with Crippen molar-refractivity contribution in [2.24, 2.45) is 0 Å². The standard InChI is InChI=1S/C14H17NO6S/c1-2-13(16)15-6-7-21-12-4-3-10(9-11(12)15)22(19,20)8-5-14(17)18/h3-4,9H,2,5-8H2,1H3,(H,17,18). The lowest BCUT2D eigenvalue weighted by molar-refractivity contribution is -0.136. The number of amides is 1. The van der Waals surface area contributed by atoms with Gasteiger partial charge < -0.3 is 14.7 Å². The second-order valence-electron chi connectivity index (χ2n) is 4.84. The normalized spacial score (nSPS) is 14.1. The fourth-order valence-electron chi connectivity index (χ4n) is 2.18. The molecule has 1 aliphatic rings. The van der Waals surface area contributed by atoms with Gasteiger partial charge in [-0.15, -0.1) is 0 Å². The van der Waals surface area contributed by atoms with Crippen molar-refractivity contribution >= 4 is 27.4 Å². The average Bonchev–Trinajstić information content (AvgIpc) is 2.51. The van der Waals surface area contributed by atoms with Crippen LogP contribution in [0, 0.1) is 0 Å². The van der Waals surface area contributed by atoms with E-state index in [0.29, 0.717) is 31.0 Å². The molecule has 22 heavy (non-hydrogen) atoms. The van der Waals surface area contributed by atoms with Gasteiger partial charge in [-0.1, -0.05) is 6.92 Å². The Morgan fingerprint density at radius 2 is 2.09 bits per heavy atom. The summed E-state index contributed by atoms with van der Waals surface area (Å²) in [6, 6.07) is 4.24. The minimum atomic E-state index is -3.72.